The van der Waals surface area contributed by atoms with Crippen molar-refractivity contribution in [3.63, 3.8) is 0 Å². The van der Waals surface area contributed by atoms with Crippen molar-refractivity contribution in [2.45, 2.75) is 19.4 Å². The number of para-hydroxylation sites is 2. The number of aromatic hydroxyl groups is 1. The zero-order valence-corrected chi connectivity index (χ0v) is 24.3. The summed E-state index contributed by atoms with van der Waals surface area (Å²) in [5.74, 6) is 0.208. The molecule has 0 fully saturated rings. The second-order valence-corrected chi connectivity index (χ2v) is 10.4. The zero-order chi connectivity index (χ0) is 26.6. The van der Waals surface area contributed by atoms with E-state index in [2.05, 4.69) is 103 Å². The summed E-state index contributed by atoms with van der Waals surface area (Å²) in [6.07, 6.45) is 7.73. The minimum absolute atomic E-state index is 0. The molecule has 1 N–H and O–H groups in total. The van der Waals surface area contributed by atoms with Gasteiger partial charge in [-0.15, -0.1) is 23.8 Å². The fourth-order valence-electron chi connectivity index (χ4n) is 5.57. The van der Waals surface area contributed by atoms with Gasteiger partial charge in [-0.25, -0.2) is 0 Å². The van der Waals surface area contributed by atoms with Gasteiger partial charge in [0, 0.05) is 6.20 Å². The molecule has 0 amide bonds. The van der Waals surface area contributed by atoms with E-state index in [1.54, 1.807) is 12.3 Å². The molecule has 40 heavy (non-hydrogen) atoms. The normalized spacial score (nSPS) is 14.6. The molecule has 5 heteroatoms. The van der Waals surface area contributed by atoms with Crippen LogP contribution in [0.3, 0.4) is 0 Å². The second kappa shape index (κ2) is 10.0. The number of pyridine rings is 1. The van der Waals surface area contributed by atoms with Crippen LogP contribution in [0.15, 0.2) is 115 Å². The molecule has 0 saturated heterocycles. The van der Waals surface area contributed by atoms with Gasteiger partial charge in [0.15, 0.2) is 0 Å². The fraction of sp³-hybridized carbons (Fsp3) is 0.0857. The van der Waals surface area contributed by atoms with Gasteiger partial charge in [-0.05, 0) is 60.1 Å². The third-order valence-electron chi connectivity index (χ3n) is 7.43. The third kappa shape index (κ3) is 4.20. The Morgan fingerprint density at radius 2 is 1.35 bits per heavy atom. The molecule has 196 valence electrons. The first-order valence-corrected chi connectivity index (χ1v) is 13.1. The van der Waals surface area contributed by atoms with Crippen molar-refractivity contribution < 1.29 is 30.7 Å². The van der Waals surface area contributed by atoms with Gasteiger partial charge < -0.3 is 15.0 Å². The van der Waals surface area contributed by atoms with Crippen LogP contribution < -0.4 is 4.90 Å². The van der Waals surface area contributed by atoms with Crippen molar-refractivity contribution in [3.8, 4) is 39.3 Å². The molecule has 2 aliphatic heterocycles. The first-order chi connectivity index (χ1) is 19.0. The Bertz CT molecular complexity index is 1810. The number of aromatic nitrogens is 1. The molecule has 0 spiro atoms. The standard InChI is InChI=1S/C35H26N3O.Pt/c1-35(2)22-33-28-14-6-5-12-26(28)25-11-3-4-13-27(25)29-19-18-24(30-15-9-10-20-36-30)21-32(29)37(33)23-38(35)31-16-7-8-17-34(31)39;/h3-20,22,39H,1-2H3;/q-1;+2. The van der Waals surface area contributed by atoms with E-state index >= 15 is 0 Å². The van der Waals surface area contributed by atoms with Crippen LogP contribution in [0.1, 0.15) is 19.4 Å². The molecule has 1 aromatic heterocycles. The van der Waals surface area contributed by atoms with Crippen LogP contribution >= 0.6 is 0 Å². The van der Waals surface area contributed by atoms with Crippen LogP contribution in [-0.2, 0) is 21.1 Å². The summed E-state index contributed by atoms with van der Waals surface area (Å²) < 4.78 is 2.01. The number of anilines is 1. The van der Waals surface area contributed by atoms with Crippen LogP contribution in [0.5, 0.6) is 5.75 Å². The maximum Gasteiger partial charge on any atom is 2.00 e. The van der Waals surface area contributed by atoms with Crippen molar-refractivity contribution in [2.75, 3.05) is 4.90 Å². The monoisotopic (exact) mass is 699 g/mol. The molecule has 4 nitrogen and oxygen atoms in total. The number of rotatable bonds is 2. The maximum absolute atomic E-state index is 10.8. The number of fused-ring (bicyclic) bond motifs is 8. The van der Waals surface area contributed by atoms with Crippen molar-refractivity contribution in [1.29, 1.82) is 0 Å². The average Bonchev–Trinajstić information content (AvgIpc) is 2.97. The number of benzene rings is 4. The molecule has 0 atom stereocenters. The van der Waals surface area contributed by atoms with Gasteiger partial charge >= 0.3 is 21.1 Å². The summed E-state index contributed by atoms with van der Waals surface area (Å²) in [5, 5.41) is 10.8. The number of hydrogen-bond acceptors (Lipinski definition) is 3. The Hall–Kier alpha value is -4.27. The summed E-state index contributed by atoms with van der Waals surface area (Å²) in [6.45, 7) is 4.28. The van der Waals surface area contributed by atoms with Crippen LogP contribution in [-0.4, -0.2) is 26.5 Å². The fourth-order valence-corrected chi connectivity index (χ4v) is 5.57. The Kier molecular flexibility index (Phi) is 6.52. The van der Waals surface area contributed by atoms with Gasteiger partial charge in [0.05, 0.1) is 11.4 Å². The molecule has 5 aromatic rings. The number of phenolic OH excluding ortho intramolecular Hbond substituents is 1. The van der Waals surface area contributed by atoms with Gasteiger partial charge in [-0.2, -0.15) is 0 Å². The molecule has 0 aliphatic carbocycles. The van der Waals surface area contributed by atoms with Gasteiger partial charge in [0.25, 0.3) is 0 Å². The molecule has 3 heterocycles. The predicted octanol–water partition coefficient (Wildman–Crippen LogP) is 7.79. The van der Waals surface area contributed by atoms with Crippen molar-refractivity contribution >= 4 is 23.4 Å². The first-order valence-electron chi connectivity index (χ1n) is 13.1. The summed E-state index contributed by atoms with van der Waals surface area (Å²) in [6, 6.07) is 38.3. The summed E-state index contributed by atoms with van der Waals surface area (Å²) >= 11 is 0. The van der Waals surface area contributed by atoms with Gasteiger partial charge in [-0.3, -0.25) is 4.58 Å². The van der Waals surface area contributed by atoms with Gasteiger partial charge in [0.2, 0.25) is 6.34 Å². The first kappa shape index (κ1) is 26.0. The molecule has 4 aromatic carbocycles. The minimum Gasteiger partial charge on any atom is -0.513 e. The Morgan fingerprint density at radius 3 is 2.05 bits per heavy atom. The molecular formula is C35H26N3OPt+. The minimum atomic E-state index is -0.477. The molecule has 7 rings (SSSR count). The molecular weight excluding hydrogens is 673 g/mol. The van der Waals surface area contributed by atoms with Crippen molar-refractivity contribution in [1.82, 2.24) is 4.98 Å². The third-order valence-corrected chi connectivity index (χ3v) is 7.43. The second-order valence-electron chi connectivity index (χ2n) is 10.4. The smallest absolute Gasteiger partial charge is 0.513 e. The molecule has 0 unspecified atom stereocenters. The van der Waals surface area contributed by atoms with Crippen LogP contribution in [0.2, 0.25) is 0 Å². The van der Waals surface area contributed by atoms with Crippen LogP contribution in [0, 0.1) is 6.07 Å². The Balaban J connectivity index is 0.00000289. The van der Waals surface area contributed by atoms with E-state index in [4.69, 9.17) is 0 Å². The van der Waals surface area contributed by atoms with E-state index in [0.717, 1.165) is 44.9 Å². The largest absolute Gasteiger partial charge is 2.00 e. The van der Waals surface area contributed by atoms with E-state index in [-0.39, 0.29) is 26.8 Å². The number of phenols is 1. The topological polar surface area (TPSA) is 39.4 Å². The number of hydrogen-bond donors (Lipinski definition) is 1. The zero-order valence-electron chi connectivity index (χ0n) is 22.1. The van der Waals surface area contributed by atoms with E-state index in [1.165, 1.54) is 5.56 Å². The van der Waals surface area contributed by atoms with Gasteiger partial charge in [-0.1, -0.05) is 90.0 Å². The molecule has 0 bridgehead atoms. The predicted molar refractivity (Wildman–Crippen MR) is 157 cm³/mol. The Morgan fingerprint density at radius 1 is 0.725 bits per heavy atom. The quantitative estimate of drug-likeness (QED) is 0.151. The SMILES string of the molecule is CC1(C)C=C2c3ccccc3-c3ccccc3-c3ccc(-c4ccccn4)[c-]c3N2[C-]=[N+]1c1ccccc1O.[Pt+2]. The maximum atomic E-state index is 10.8. The molecule has 0 radical (unpaired) electrons. The summed E-state index contributed by atoms with van der Waals surface area (Å²) in [7, 11) is 0. The summed E-state index contributed by atoms with van der Waals surface area (Å²) in [5.41, 5.74) is 9.51. The summed E-state index contributed by atoms with van der Waals surface area (Å²) in [4.78, 5) is 6.68. The van der Waals surface area contributed by atoms with Crippen LogP contribution in [0.4, 0.5) is 11.4 Å². The van der Waals surface area contributed by atoms with E-state index in [0.29, 0.717) is 5.69 Å². The van der Waals surface area contributed by atoms with Crippen LogP contribution in [0.25, 0.3) is 39.2 Å². The number of nitrogens with zero attached hydrogens (tertiary/aromatic N) is 3. The van der Waals surface area contributed by atoms with E-state index < -0.39 is 5.54 Å². The molecule has 0 saturated carbocycles. The average molecular weight is 700 g/mol. The van der Waals surface area contributed by atoms with E-state index in [1.807, 2.05) is 41.0 Å². The molecule has 2 aliphatic rings. The van der Waals surface area contributed by atoms with E-state index in [9.17, 15) is 5.11 Å². The van der Waals surface area contributed by atoms with Gasteiger partial charge in [0.1, 0.15) is 11.3 Å². The van der Waals surface area contributed by atoms with Crippen molar-refractivity contribution in [2.24, 2.45) is 0 Å². The Labute approximate surface area is 248 Å². The van der Waals surface area contributed by atoms with Crippen molar-refractivity contribution in [3.05, 3.63) is 127 Å².